The molecule has 5 rings (SSSR count). The standard InChI is InChI=1S/C33H36F6O3/c1-19-6-3-4-8-28(19)30-29-9-5-7-21(12-22-10-11-27(40)14-22)13-24(29)18-41-31(30)42-20(2)23-15-25(32(34,35)36)17-26(16-23)33(37,38)39/h3-4,6,8,14-17,20-21,24,29-31H,5,7,9-13,18H2,1-2H3/t20-,21?,24+,29?,30?,31?/m1/s1. The molecule has 0 aromatic heterocycles. The van der Waals surface area contributed by atoms with Crippen molar-refractivity contribution in [2.75, 3.05) is 6.61 Å². The molecular weight excluding hydrogens is 558 g/mol. The zero-order valence-electron chi connectivity index (χ0n) is 23.7. The molecule has 1 saturated heterocycles. The summed E-state index contributed by atoms with van der Waals surface area (Å²) in [7, 11) is 0. The van der Waals surface area contributed by atoms with Crippen LogP contribution in [-0.2, 0) is 26.6 Å². The number of halogens is 6. The average molecular weight is 595 g/mol. The van der Waals surface area contributed by atoms with Crippen molar-refractivity contribution in [3.05, 3.63) is 81.9 Å². The molecule has 228 valence electrons. The number of ether oxygens (including phenoxy) is 2. The maximum atomic E-state index is 13.5. The molecule has 2 aromatic carbocycles. The van der Waals surface area contributed by atoms with Gasteiger partial charge in [0.1, 0.15) is 0 Å². The summed E-state index contributed by atoms with van der Waals surface area (Å²) in [5, 5.41) is 0. The van der Waals surface area contributed by atoms with Crippen molar-refractivity contribution in [1.29, 1.82) is 0 Å². The van der Waals surface area contributed by atoms with Gasteiger partial charge in [-0.1, -0.05) is 42.7 Å². The summed E-state index contributed by atoms with van der Waals surface area (Å²) in [6.45, 7) is 3.86. The van der Waals surface area contributed by atoms with Gasteiger partial charge in [-0.05, 0) is 98.2 Å². The first-order chi connectivity index (χ1) is 19.8. The number of benzene rings is 2. The first kappa shape index (κ1) is 30.8. The van der Waals surface area contributed by atoms with Gasteiger partial charge in [0.05, 0.1) is 23.8 Å². The number of alkyl halides is 6. The summed E-state index contributed by atoms with van der Waals surface area (Å²) < 4.78 is 93.8. The van der Waals surface area contributed by atoms with Crippen LogP contribution in [0.3, 0.4) is 0 Å². The lowest BCUT2D eigenvalue weighted by molar-refractivity contribution is -0.224. The first-order valence-corrected chi connectivity index (χ1v) is 14.6. The maximum Gasteiger partial charge on any atom is 0.416 e. The normalized spacial score (nSPS) is 27.8. The number of fused-ring (bicyclic) bond motifs is 1. The third-order valence-electron chi connectivity index (χ3n) is 9.19. The Hall–Kier alpha value is -2.65. The Kier molecular flexibility index (Phi) is 8.91. The highest BCUT2D eigenvalue weighted by atomic mass is 19.4. The SMILES string of the molecule is Cc1ccccc1C1C(O[C@H](C)c2cc(C(F)(F)F)cc(C(F)(F)F)c2)OC[C@@H]2CC(CC3=CC(=O)CC3)CCCC12. The van der Waals surface area contributed by atoms with Gasteiger partial charge in [0.2, 0.25) is 0 Å². The average Bonchev–Trinajstić information content (AvgIpc) is 3.21. The Morgan fingerprint density at radius 1 is 0.976 bits per heavy atom. The Morgan fingerprint density at radius 2 is 1.67 bits per heavy atom. The van der Waals surface area contributed by atoms with Crippen LogP contribution in [0.2, 0.25) is 0 Å². The second kappa shape index (κ2) is 12.2. The molecule has 1 heterocycles. The number of aryl methyl sites for hydroxylation is 1. The third-order valence-corrected chi connectivity index (χ3v) is 9.19. The molecule has 3 nitrogen and oxygen atoms in total. The van der Waals surface area contributed by atoms with E-state index in [0.29, 0.717) is 18.9 Å². The molecule has 6 atom stereocenters. The second-order valence-corrected chi connectivity index (χ2v) is 12.1. The molecule has 2 aliphatic carbocycles. The number of hydrogen-bond donors (Lipinski definition) is 0. The van der Waals surface area contributed by atoms with Crippen molar-refractivity contribution in [3.63, 3.8) is 0 Å². The van der Waals surface area contributed by atoms with E-state index < -0.39 is 35.9 Å². The lowest BCUT2D eigenvalue weighted by Crippen LogP contribution is -2.43. The van der Waals surface area contributed by atoms with E-state index in [4.69, 9.17) is 9.47 Å². The van der Waals surface area contributed by atoms with E-state index in [9.17, 15) is 31.1 Å². The highest BCUT2D eigenvalue weighted by Crippen LogP contribution is 2.49. The van der Waals surface area contributed by atoms with Crippen LogP contribution in [0.25, 0.3) is 0 Å². The van der Waals surface area contributed by atoms with Gasteiger partial charge in [0.25, 0.3) is 0 Å². The van der Waals surface area contributed by atoms with Gasteiger partial charge in [-0.3, -0.25) is 4.79 Å². The van der Waals surface area contributed by atoms with Crippen LogP contribution in [0.1, 0.15) is 91.7 Å². The fourth-order valence-electron chi connectivity index (χ4n) is 7.12. The predicted molar refractivity (Wildman–Crippen MR) is 145 cm³/mol. The van der Waals surface area contributed by atoms with E-state index in [0.717, 1.165) is 61.8 Å². The minimum atomic E-state index is -4.94. The molecule has 1 saturated carbocycles. The van der Waals surface area contributed by atoms with Gasteiger partial charge >= 0.3 is 12.4 Å². The van der Waals surface area contributed by atoms with E-state index in [-0.39, 0.29) is 35.2 Å². The topological polar surface area (TPSA) is 35.5 Å². The van der Waals surface area contributed by atoms with Gasteiger partial charge in [0.15, 0.2) is 12.1 Å². The fourth-order valence-corrected chi connectivity index (χ4v) is 7.12. The molecular formula is C33H36F6O3. The van der Waals surface area contributed by atoms with Gasteiger partial charge in [-0.15, -0.1) is 0 Å². The summed E-state index contributed by atoms with van der Waals surface area (Å²) in [5.41, 5.74) is 0.332. The van der Waals surface area contributed by atoms with Crippen LogP contribution in [-0.4, -0.2) is 18.7 Å². The van der Waals surface area contributed by atoms with E-state index >= 15 is 0 Å². The van der Waals surface area contributed by atoms with Crippen LogP contribution in [0.15, 0.2) is 54.1 Å². The predicted octanol–water partition coefficient (Wildman–Crippen LogP) is 9.35. The lowest BCUT2D eigenvalue weighted by atomic mass is 9.71. The number of carbonyl (C=O) groups excluding carboxylic acids is 1. The molecule has 0 N–H and O–H groups in total. The molecule has 0 amide bonds. The molecule has 4 unspecified atom stereocenters. The van der Waals surface area contributed by atoms with Crippen LogP contribution in [0.4, 0.5) is 26.3 Å². The lowest BCUT2D eigenvalue weighted by Gasteiger charge is -2.44. The highest BCUT2D eigenvalue weighted by Gasteiger charge is 2.45. The molecule has 2 aromatic rings. The number of carbonyl (C=O) groups is 1. The van der Waals surface area contributed by atoms with Crippen molar-refractivity contribution in [1.82, 2.24) is 0 Å². The van der Waals surface area contributed by atoms with Crippen LogP contribution in [0.5, 0.6) is 0 Å². The van der Waals surface area contributed by atoms with E-state index in [1.165, 1.54) is 12.5 Å². The highest BCUT2D eigenvalue weighted by molar-refractivity contribution is 5.92. The Bertz CT molecular complexity index is 1280. The smallest absolute Gasteiger partial charge is 0.352 e. The zero-order valence-corrected chi connectivity index (χ0v) is 23.7. The molecule has 9 heteroatoms. The minimum Gasteiger partial charge on any atom is -0.352 e. The molecule has 3 aliphatic rings. The molecule has 0 radical (unpaired) electrons. The maximum absolute atomic E-state index is 13.5. The van der Waals surface area contributed by atoms with Crippen molar-refractivity contribution in [2.24, 2.45) is 17.8 Å². The fraction of sp³-hybridized carbons (Fsp3) is 0.545. The molecule has 0 spiro atoms. The van der Waals surface area contributed by atoms with E-state index in [1.54, 1.807) is 6.08 Å². The summed E-state index contributed by atoms with van der Waals surface area (Å²) in [6, 6.07) is 9.45. The Balaban J connectivity index is 1.42. The van der Waals surface area contributed by atoms with Crippen LogP contribution >= 0.6 is 0 Å². The number of ketones is 1. The van der Waals surface area contributed by atoms with E-state index in [1.807, 2.05) is 31.2 Å². The van der Waals surface area contributed by atoms with E-state index in [2.05, 4.69) is 0 Å². The van der Waals surface area contributed by atoms with Crippen molar-refractivity contribution < 1.29 is 40.6 Å². The van der Waals surface area contributed by atoms with Crippen molar-refractivity contribution in [2.45, 2.75) is 89.5 Å². The largest absolute Gasteiger partial charge is 0.416 e. The second-order valence-electron chi connectivity index (χ2n) is 12.1. The molecule has 2 fully saturated rings. The summed E-state index contributed by atoms with van der Waals surface area (Å²) in [4.78, 5) is 11.8. The number of hydrogen-bond acceptors (Lipinski definition) is 3. The summed E-state index contributed by atoms with van der Waals surface area (Å²) >= 11 is 0. The molecule has 0 bridgehead atoms. The molecule has 42 heavy (non-hydrogen) atoms. The minimum absolute atomic E-state index is 0.132. The molecule has 1 aliphatic heterocycles. The first-order valence-electron chi connectivity index (χ1n) is 14.6. The Labute approximate surface area is 242 Å². The monoisotopic (exact) mass is 594 g/mol. The van der Waals surface area contributed by atoms with Crippen LogP contribution < -0.4 is 0 Å². The van der Waals surface area contributed by atoms with Gasteiger partial charge < -0.3 is 9.47 Å². The van der Waals surface area contributed by atoms with Gasteiger partial charge in [0, 0.05) is 12.3 Å². The van der Waals surface area contributed by atoms with Crippen LogP contribution in [0, 0.1) is 24.7 Å². The summed E-state index contributed by atoms with van der Waals surface area (Å²) in [6.07, 6.45) is -3.82. The van der Waals surface area contributed by atoms with Gasteiger partial charge in [-0.2, -0.15) is 26.3 Å². The van der Waals surface area contributed by atoms with Crippen molar-refractivity contribution >= 4 is 5.78 Å². The summed E-state index contributed by atoms with van der Waals surface area (Å²) in [5.74, 6) is 0.787. The Morgan fingerprint density at radius 3 is 2.29 bits per heavy atom. The quantitative estimate of drug-likeness (QED) is 0.313. The number of rotatable bonds is 6. The zero-order chi connectivity index (χ0) is 30.2. The van der Waals surface area contributed by atoms with Gasteiger partial charge in [-0.25, -0.2) is 0 Å². The van der Waals surface area contributed by atoms with Crippen molar-refractivity contribution in [3.8, 4) is 0 Å². The third kappa shape index (κ3) is 6.94. The number of allylic oxidation sites excluding steroid dienone is 2.